The van der Waals surface area contributed by atoms with Crippen LogP contribution in [-0.4, -0.2) is 62.4 Å². The highest BCUT2D eigenvalue weighted by molar-refractivity contribution is 5.73. The summed E-state index contributed by atoms with van der Waals surface area (Å²) in [4.78, 5) is 22.9. The summed E-state index contributed by atoms with van der Waals surface area (Å²) in [5.74, 6) is -2.25. The number of pyridine rings is 1. The maximum Gasteiger partial charge on any atom is 0.490 e. The van der Waals surface area contributed by atoms with Gasteiger partial charge in [-0.1, -0.05) is 6.07 Å². The molecule has 158 valence electrons. The smallest absolute Gasteiger partial charge is 0.475 e. The molecule has 2 N–H and O–H groups in total. The highest BCUT2D eigenvalue weighted by atomic mass is 19.4. The van der Waals surface area contributed by atoms with Gasteiger partial charge in [0.2, 0.25) is 0 Å². The Balaban J connectivity index is 0.000000298. The number of hydrogen-bond donors (Lipinski definition) is 2. The molecule has 7 nitrogen and oxygen atoms in total. The van der Waals surface area contributed by atoms with E-state index in [0.717, 1.165) is 45.5 Å². The van der Waals surface area contributed by atoms with Crippen LogP contribution in [0.5, 0.6) is 0 Å². The summed E-state index contributed by atoms with van der Waals surface area (Å²) in [5.41, 5.74) is 2.60. The number of carboxylic acid groups (broad SMARTS) is 1. The highest BCUT2D eigenvalue weighted by Crippen LogP contribution is 2.42. The number of carbonyl (C=O) groups is 1. The predicted octanol–water partition coefficient (Wildman–Crippen LogP) is 2.98. The maximum absolute atomic E-state index is 10.6. The zero-order valence-corrected chi connectivity index (χ0v) is 15.7. The zero-order valence-electron chi connectivity index (χ0n) is 15.7. The lowest BCUT2D eigenvalue weighted by molar-refractivity contribution is -0.192. The number of hydrogen-bond acceptors (Lipinski definition) is 5. The Morgan fingerprint density at radius 3 is 2.59 bits per heavy atom. The van der Waals surface area contributed by atoms with Crippen molar-refractivity contribution >= 4 is 5.97 Å². The number of nitrogens with one attached hydrogen (secondary N) is 1. The van der Waals surface area contributed by atoms with Crippen molar-refractivity contribution in [3.63, 3.8) is 0 Å². The minimum atomic E-state index is -5.08. The Morgan fingerprint density at radius 1 is 1.31 bits per heavy atom. The molecule has 2 aromatic rings. The second-order valence-corrected chi connectivity index (χ2v) is 7.34. The number of aromatic amines is 1. The SMILES string of the molecule is O=C(O)C(F)(F)F.c1cncc(C2COC3(CCN(Cc4cnc[nH]4)CC3)C2)c1. The first kappa shape index (κ1) is 21.3. The van der Waals surface area contributed by atoms with Gasteiger partial charge in [-0.3, -0.25) is 9.88 Å². The molecule has 2 saturated heterocycles. The van der Waals surface area contributed by atoms with E-state index in [0.29, 0.717) is 5.92 Å². The number of rotatable bonds is 3. The van der Waals surface area contributed by atoms with Crippen molar-refractivity contribution in [3.8, 4) is 0 Å². The van der Waals surface area contributed by atoms with E-state index >= 15 is 0 Å². The topological polar surface area (TPSA) is 91.3 Å². The molecule has 1 atom stereocenters. The average molecular weight is 412 g/mol. The zero-order chi connectivity index (χ0) is 20.9. The molecular weight excluding hydrogens is 389 g/mol. The number of ether oxygens (including phenoxy) is 1. The molecule has 29 heavy (non-hydrogen) atoms. The van der Waals surface area contributed by atoms with E-state index in [1.807, 2.05) is 24.7 Å². The van der Waals surface area contributed by atoms with E-state index in [-0.39, 0.29) is 5.60 Å². The van der Waals surface area contributed by atoms with Crippen molar-refractivity contribution in [3.05, 3.63) is 48.3 Å². The largest absolute Gasteiger partial charge is 0.490 e. The van der Waals surface area contributed by atoms with Gasteiger partial charge in [0.1, 0.15) is 0 Å². The number of H-pyrrole nitrogens is 1. The number of carboxylic acids is 1. The van der Waals surface area contributed by atoms with Crippen LogP contribution in [-0.2, 0) is 16.1 Å². The number of halogens is 3. The van der Waals surface area contributed by atoms with Gasteiger partial charge in [0.15, 0.2) is 0 Å². The number of imidazole rings is 1. The van der Waals surface area contributed by atoms with E-state index in [1.165, 1.54) is 11.3 Å². The quantitative estimate of drug-likeness (QED) is 0.806. The van der Waals surface area contributed by atoms with Gasteiger partial charge in [-0.15, -0.1) is 0 Å². The van der Waals surface area contributed by atoms with Crippen molar-refractivity contribution < 1.29 is 27.8 Å². The van der Waals surface area contributed by atoms with Gasteiger partial charge in [0.05, 0.1) is 18.5 Å². The van der Waals surface area contributed by atoms with Gasteiger partial charge in [-0.2, -0.15) is 13.2 Å². The number of aliphatic carboxylic acids is 1. The van der Waals surface area contributed by atoms with Crippen LogP contribution < -0.4 is 0 Å². The molecule has 0 radical (unpaired) electrons. The molecule has 0 bridgehead atoms. The normalized spacial score (nSPS) is 21.6. The van der Waals surface area contributed by atoms with Crippen LogP contribution in [0.2, 0.25) is 0 Å². The standard InChI is InChI=1S/C17H22N4O.C2HF3O2/c1-2-14(9-18-5-1)15-8-17(22-12-15)3-6-21(7-4-17)11-16-10-19-13-20-16;3-2(4,5)1(6)7/h1-2,5,9-10,13,15H,3-4,6-8,11-12H2,(H,19,20);(H,6,7). The fourth-order valence-electron chi connectivity index (χ4n) is 3.75. The molecule has 2 aromatic heterocycles. The summed E-state index contributed by atoms with van der Waals surface area (Å²) in [6.45, 7) is 3.99. The molecule has 2 aliphatic rings. The maximum atomic E-state index is 10.6. The van der Waals surface area contributed by atoms with Crippen LogP contribution in [0.25, 0.3) is 0 Å². The highest BCUT2D eigenvalue weighted by Gasteiger charge is 2.43. The summed E-state index contributed by atoms with van der Waals surface area (Å²) >= 11 is 0. The molecule has 10 heteroatoms. The lowest BCUT2D eigenvalue weighted by Crippen LogP contribution is -2.43. The number of piperidine rings is 1. The Bertz CT molecular complexity index is 776. The summed E-state index contributed by atoms with van der Waals surface area (Å²) in [6.07, 6.45) is 5.78. The van der Waals surface area contributed by atoms with E-state index in [2.05, 4.69) is 25.9 Å². The number of aromatic nitrogens is 3. The molecule has 4 heterocycles. The van der Waals surface area contributed by atoms with Gasteiger partial charge in [0, 0.05) is 49.8 Å². The molecule has 4 rings (SSSR count). The second-order valence-electron chi connectivity index (χ2n) is 7.34. The molecule has 2 fully saturated rings. The molecule has 1 unspecified atom stereocenters. The lowest BCUT2D eigenvalue weighted by Gasteiger charge is -2.38. The molecule has 2 aliphatic heterocycles. The van der Waals surface area contributed by atoms with Gasteiger partial charge < -0.3 is 14.8 Å². The van der Waals surface area contributed by atoms with Crippen LogP contribution in [0.4, 0.5) is 13.2 Å². The van der Waals surface area contributed by atoms with Crippen molar-refractivity contribution in [2.24, 2.45) is 0 Å². The minimum absolute atomic E-state index is 0.0883. The average Bonchev–Trinajstić information content (AvgIpc) is 3.35. The Kier molecular flexibility index (Phi) is 6.53. The van der Waals surface area contributed by atoms with Crippen LogP contribution in [0.3, 0.4) is 0 Å². The fourth-order valence-corrected chi connectivity index (χ4v) is 3.75. The molecule has 0 amide bonds. The van der Waals surface area contributed by atoms with Crippen LogP contribution in [0, 0.1) is 0 Å². The van der Waals surface area contributed by atoms with Crippen molar-refractivity contribution in [2.45, 2.75) is 43.5 Å². The third-order valence-corrected chi connectivity index (χ3v) is 5.32. The van der Waals surface area contributed by atoms with Gasteiger partial charge in [0.25, 0.3) is 0 Å². The molecule has 0 aromatic carbocycles. The van der Waals surface area contributed by atoms with Crippen LogP contribution in [0.1, 0.15) is 36.4 Å². The molecular formula is C19H23F3N4O3. The predicted molar refractivity (Wildman–Crippen MR) is 97.1 cm³/mol. The van der Waals surface area contributed by atoms with Gasteiger partial charge in [-0.25, -0.2) is 9.78 Å². The summed E-state index contributed by atoms with van der Waals surface area (Å²) in [7, 11) is 0. The second kappa shape index (κ2) is 8.91. The van der Waals surface area contributed by atoms with Crippen molar-refractivity contribution in [1.82, 2.24) is 19.9 Å². The van der Waals surface area contributed by atoms with Crippen LogP contribution >= 0.6 is 0 Å². The van der Waals surface area contributed by atoms with Crippen LogP contribution in [0.15, 0.2) is 37.1 Å². The summed E-state index contributed by atoms with van der Waals surface area (Å²) < 4.78 is 38.0. The Hall–Kier alpha value is -2.46. The first-order valence-electron chi connectivity index (χ1n) is 9.31. The first-order valence-corrected chi connectivity index (χ1v) is 9.31. The van der Waals surface area contributed by atoms with E-state index < -0.39 is 12.1 Å². The molecule has 0 aliphatic carbocycles. The summed E-state index contributed by atoms with van der Waals surface area (Å²) in [6, 6.07) is 4.20. The summed E-state index contributed by atoms with van der Waals surface area (Å²) in [5, 5.41) is 7.12. The minimum Gasteiger partial charge on any atom is -0.475 e. The molecule has 0 saturated carbocycles. The number of nitrogens with zero attached hydrogens (tertiary/aromatic N) is 3. The lowest BCUT2D eigenvalue weighted by atomic mass is 9.83. The monoisotopic (exact) mass is 412 g/mol. The van der Waals surface area contributed by atoms with Gasteiger partial charge >= 0.3 is 12.1 Å². The number of alkyl halides is 3. The third kappa shape index (κ3) is 5.77. The van der Waals surface area contributed by atoms with E-state index in [9.17, 15) is 13.2 Å². The third-order valence-electron chi connectivity index (χ3n) is 5.32. The van der Waals surface area contributed by atoms with Gasteiger partial charge in [-0.05, 0) is 30.9 Å². The van der Waals surface area contributed by atoms with E-state index in [1.54, 1.807) is 6.33 Å². The number of likely N-dealkylation sites (tertiary alicyclic amines) is 1. The fraction of sp³-hybridized carbons (Fsp3) is 0.526. The first-order chi connectivity index (χ1) is 13.8. The molecule has 1 spiro atoms. The van der Waals surface area contributed by atoms with Crippen molar-refractivity contribution in [2.75, 3.05) is 19.7 Å². The van der Waals surface area contributed by atoms with E-state index in [4.69, 9.17) is 14.6 Å². The van der Waals surface area contributed by atoms with Crippen molar-refractivity contribution in [1.29, 1.82) is 0 Å². The Labute approximate surface area is 165 Å². The Morgan fingerprint density at radius 2 is 2.03 bits per heavy atom.